The molecule has 33 heavy (non-hydrogen) atoms. The van der Waals surface area contributed by atoms with Crippen LogP contribution in [0.2, 0.25) is 10.0 Å². The topological polar surface area (TPSA) is 75.8 Å². The summed E-state index contributed by atoms with van der Waals surface area (Å²) < 4.78 is 7.44. The first-order valence-corrected chi connectivity index (χ1v) is 11.4. The van der Waals surface area contributed by atoms with Gasteiger partial charge in [-0.3, -0.25) is 4.79 Å². The van der Waals surface area contributed by atoms with Gasteiger partial charge in [-0.05, 0) is 69.2 Å². The maximum Gasteiger partial charge on any atom is 0.240 e. The first-order chi connectivity index (χ1) is 15.8. The van der Waals surface area contributed by atoms with Crippen molar-refractivity contribution in [2.75, 3.05) is 6.61 Å². The molecule has 8 heteroatoms. The lowest BCUT2D eigenvalue weighted by atomic mass is 10.0. The van der Waals surface area contributed by atoms with Gasteiger partial charge in [0.05, 0.1) is 29.0 Å². The van der Waals surface area contributed by atoms with Crippen LogP contribution in [-0.4, -0.2) is 28.4 Å². The highest BCUT2D eigenvalue weighted by atomic mass is 35.5. The van der Waals surface area contributed by atoms with Crippen molar-refractivity contribution in [1.29, 1.82) is 0 Å². The number of hydrazone groups is 1. The van der Waals surface area contributed by atoms with Crippen molar-refractivity contribution in [3.63, 3.8) is 0 Å². The Bertz CT molecular complexity index is 1140. The van der Waals surface area contributed by atoms with Gasteiger partial charge >= 0.3 is 0 Å². The van der Waals surface area contributed by atoms with Crippen LogP contribution in [0.5, 0.6) is 5.75 Å². The molecule has 0 spiro atoms. The molecule has 3 rings (SSSR count). The summed E-state index contributed by atoms with van der Waals surface area (Å²) in [7, 11) is 0. The van der Waals surface area contributed by atoms with E-state index in [-0.39, 0.29) is 12.3 Å². The lowest BCUT2D eigenvalue weighted by molar-refractivity contribution is -0.121. The quantitative estimate of drug-likeness (QED) is 0.297. The molecule has 0 saturated carbocycles. The van der Waals surface area contributed by atoms with Crippen LogP contribution in [-0.2, 0) is 4.79 Å². The number of carbonyl (C=O) groups is 1. The molecule has 2 aromatic carbocycles. The van der Waals surface area contributed by atoms with Gasteiger partial charge in [0, 0.05) is 29.1 Å². The van der Waals surface area contributed by atoms with E-state index in [1.807, 2.05) is 43.5 Å². The van der Waals surface area contributed by atoms with Gasteiger partial charge in [0.2, 0.25) is 5.91 Å². The number of aliphatic hydroxyl groups is 1. The van der Waals surface area contributed by atoms with Crippen molar-refractivity contribution in [3.05, 3.63) is 81.1 Å². The van der Waals surface area contributed by atoms with Crippen LogP contribution >= 0.6 is 23.2 Å². The molecule has 0 aliphatic rings. The van der Waals surface area contributed by atoms with E-state index in [1.165, 1.54) is 0 Å². The van der Waals surface area contributed by atoms with Gasteiger partial charge in [0.1, 0.15) is 5.75 Å². The van der Waals surface area contributed by atoms with Crippen LogP contribution in [0, 0.1) is 13.8 Å². The number of nitrogens with one attached hydrogen (secondary N) is 1. The highest BCUT2D eigenvalue weighted by Gasteiger charge is 2.12. The second-order valence-electron chi connectivity index (χ2n) is 7.61. The number of aryl methyl sites for hydroxylation is 1. The fourth-order valence-electron chi connectivity index (χ4n) is 3.56. The highest BCUT2D eigenvalue weighted by Crippen LogP contribution is 2.27. The molecule has 2 N–H and O–H groups in total. The summed E-state index contributed by atoms with van der Waals surface area (Å²) in [4.78, 5) is 12.2. The van der Waals surface area contributed by atoms with Crippen LogP contribution in [0.25, 0.3) is 5.69 Å². The Morgan fingerprint density at radius 2 is 1.88 bits per heavy atom. The van der Waals surface area contributed by atoms with Gasteiger partial charge in [0.25, 0.3) is 0 Å². The van der Waals surface area contributed by atoms with Crippen molar-refractivity contribution in [1.82, 2.24) is 9.99 Å². The predicted molar refractivity (Wildman–Crippen MR) is 133 cm³/mol. The zero-order valence-electron chi connectivity index (χ0n) is 18.8. The van der Waals surface area contributed by atoms with E-state index >= 15 is 0 Å². The number of aliphatic hydroxyl groups excluding tert-OH is 1. The largest absolute Gasteiger partial charge is 0.494 e. The number of ether oxygens (including phenoxy) is 1. The van der Waals surface area contributed by atoms with E-state index in [4.69, 9.17) is 27.9 Å². The summed E-state index contributed by atoms with van der Waals surface area (Å²) in [5.41, 5.74) is 6.98. The molecule has 0 radical (unpaired) electrons. The monoisotopic (exact) mass is 487 g/mol. The van der Waals surface area contributed by atoms with Gasteiger partial charge in [-0.15, -0.1) is 0 Å². The third-order valence-corrected chi connectivity index (χ3v) is 5.98. The minimum Gasteiger partial charge on any atom is -0.494 e. The third-order valence-electron chi connectivity index (χ3n) is 5.25. The maximum absolute atomic E-state index is 12.2. The van der Waals surface area contributed by atoms with E-state index in [1.54, 1.807) is 36.5 Å². The standard InChI is InChI=1S/C25H27Cl2N3O3/c1-4-33-21-8-5-18(6-9-21)24(31)11-12-25(32)29-28-15-19-13-16(2)30(17(19)3)20-7-10-22(26)23(27)14-20/h5-10,13-15,24,31H,4,11-12H2,1-3H3,(H,29,32)/b28-15-/t24-/m1/s1. The van der Waals surface area contributed by atoms with Crippen LogP contribution in [0.15, 0.2) is 53.6 Å². The SMILES string of the molecule is CCOc1ccc([C@H](O)CCC(=O)N/N=C\c2cc(C)n(-c3ccc(Cl)c(Cl)c3)c2C)cc1. The molecule has 6 nitrogen and oxygen atoms in total. The average Bonchev–Trinajstić information content (AvgIpc) is 3.07. The highest BCUT2D eigenvalue weighted by molar-refractivity contribution is 6.42. The molecule has 1 aromatic heterocycles. The number of rotatable bonds is 9. The summed E-state index contributed by atoms with van der Waals surface area (Å²) >= 11 is 12.2. The Labute approximate surface area is 203 Å². The molecule has 0 aliphatic carbocycles. The Balaban J connectivity index is 1.56. The van der Waals surface area contributed by atoms with Gasteiger partial charge < -0.3 is 14.4 Å². The molecular formula is C25H27Cl2N3O3. The Morgan fingerprint density at radius 1 is 1.15 bits per heavy atom. The van der Waals surface area contributed by atoms with Crippen molar-refractivity contribution in [2.45, 2.75) is 39.7 Å². The summed E-state index contributed by atoms with van der Waals surface area (Å²) in [5.74, 6) is 0.480. The van der Waals surface area contributed by atoms with Gasteiger partial charge in [-0.2, -0.15) is 5.10 Å². The first-order valence-electron chi connectivity index (χ1n) is 10.7. The summed E-state index contributed by atoms with van der Waals surface area (Å²) in [6.07, 6.45) is 1.31. The fraction of sp³-hybridized carbons (Fsp3) is 0.280. The van der Waals surface area contributed by atoms with Crippen LogP contribution in [0.1, 0.15) is 48.4 Å². The van der Waals surface area contributed by atoms with Crippen LogP contribution in [0.4, 0.5) is 0 Å². The normalized spacial score (nSPS) is 12.2. The van der Waals surface area contributed by atoms with Gasteiger partial charge in [-0.1, -0.05) is 35.3 Å². The molecule has 1 heterocycles. The second-order valence-corrected chi connectivity index (χ2v) is 8.42. The predicted octanol–water partition coefficient (Wildman–Crippen LogP) is 5.76. The Hall–Kier alpha value is -2.80. The summed E-state index contributed by atoms with van der Waals surface area (Å²) in [6.45, 7) is 6.44. The Morgan fingerprint density at radius 3 is 2.55 bits per heavy atom. The molecule has 174 valence electrons. The smallest absolute Gasteiger partial charge is 0.240 e. The minimum atomic E-state index is -0.736. The van der Waals surface area contributed by atoms with Crippen molar-refractivity contribution < 1.29 is 14.6 Å². The van der Waals surface area contributed by atoms with Crippen molar-refractivity contribution in [3.8, 4) is 11.4 Å². The van der Waals surface area contributed by atoms with E-state index in [2.05, 4.69) is 10.5 Å². The van der Waals surface area contributed by atoms with Crippen molar-refractivity contribution >= 4 is 35.3 Å². The number of hydrogen-bond acceptors (Lipinski definition) is 4. The molecule has 0 saturated heterocycles. The third kappa shape index (κ3) is 6.38. The number of halogens is 2. The number of benzene rings is 2. The second kappa shape index (κ2) is 11.4. The fourth-order valence-corrected chi connectivity index (χ4v) is 3.85. The zero-order chi connectivity index (χ0) is 24.0. The lowest BCUT2D eigenvalue weighted by Crippen LogP contribution is -2.18. The Kier molecular flexibility index (Phi) is 8.55. The van der Waals surface area contributed by atoms with Gasteiger partial charge in [0.15, 0.2) is 0 Å². The molecule has 0 unspecified atom stereocenters. The number of amides is 1. The number of hydrogen-bond donors (Lipinski definition) is 2. The zero-order valence-corrected chi connectivity index (χ0v) is 20.3. The van der Waals surface area contributed by atoms with E-state index in [0.29, 0.717) is 23.1 Å². The molecule has 3 aromatic rings. The molecule has 1 amide bonds. The van der Waals surface area contributed by atoms with E-state index < -0.39 is 6.10 Å². The molecule has 1 atom stereocenters. The molecule has 0 aliphatic heterocycles. The van der Waals surface area contributed by atoms with Crippen LogP contribution < -0.4 is 10.2 Å². The maximum atomic E-state index is 12.2. The average molecular weight is 488 g/mol. The number of aromatic nitrogens is 1. The van der Waals surface area contributed by atoms with Gasteiger partial charge in [-0.25, -0.2) is 5.43 Å². The lowest BCUT2D eigenvalue weighted by Gasteiger charge is -2.11. The van der Waals surface area contributed by atoms with Crippen molar-refractivity contribution in [2.24, 2.45) is 5.10 Å². The first kappa shape index (κ1) is 24.8. The van der Waals surface area contributed by atoms with E-state index in [9.17, 15) is 9.90 Å². The molecule has 0 bridgehead atoms. The summed E-state index contributed by atoms with van der Waals surface area (Å²) in [6, 6.07) is 14.7. The minimum absolute atomic E-state index is 0.147. The van der Waals surface area contributed by atoms with Crippen LogP contribution in [0.3, 0.4) is 0 Å². The van der Waals surface area contributed by atoms with E-state index in [0.717, 1.165) is 34.0 Å². The summed E-state index contributed by atoms with van der Waals surface area (Å²) in [5, 5.41) is 15.4. The number of carbonyl (C=O) groups excluding carboxylic acids is 1. The molecule has 0 fully saturated rings. The number of nitrogens with zero attached hydrogens (tertiary/aromatic N) is 2. The molecular weight excluding hydrogens is 461 g/mol.